The molecule has 1 aromatic carbocycles. The number of para-hydroxylation sites is 1. The summed E-state index contributed by atoms with van der Waals surface area (Å²) in [6.45, 7) is 1.82. The molecule has 1 aromatic heterocycles. The maximum absolute atomic E-state index is 5.59. The number of benzene rings is 1. The van der Waals surface area contributed by atoms with Crippen molar-refractivity contribution in [2.75, 3.05) is 0 Å². The number of ether oxygens (including phenoxy) is 1. The second kappa shape index (κ2) is 4.40. The molecule has 0 saturated carbocycles. The molecule has 0 aliphatic carbocycles. The third-order valence-electron chi connectivity index (χ3n) is 1.79. The van der Waals surface area contributed by atoms with Crippen molar-refractivity contribution >= 4 is 15.9 Å². The van der Waals surface area contributed by atoms with Gasteiger partial charge in [0.1, 0.15) is 11.6 Å². The Kier molecular flexibility index (Phi) is 2.97. The Balaban J connectivity index is 2.28. The van der Waals surface area contributed by atoms with E-state index in [0.29, 0.717) is 11.7 Å². The summed E-state index contributed by atoms with van der Waals surface area (Å²) >= 11 is 3.34. The second-order valence-corrected chi connectivity index (χ2v) is 3.84. The minimum atomic E-state index is 0.536. The molecule has 0 atom stereocenters. The van der Waals surface area contributed by atoms with Crippen LogP contribution in [0, 0.1) is 6.92 Å². The Morgan fingerprint density at radius 3 is 2.67 bits per heavy atom. The van der Waals surface area contributed by atoms with Crippen LogP contribution in [0.5, 0.6) is 11.6 Å². The number of aromatic nitrogens is 2. The van der Waals surface area contributed by atoms with Gasteiger partial charge in [-0.3, -0.25) is 0 Å². The molecule has 0 radical (unpaired) electrons. The van der Waals surface area contributed by atoms with Crippen LogP contribution >= 0.6 is 15.9 Å². The molecule has 0 aliphatic heterocycles. The van der Waals surface area contributed by atoms with Crippen LogP contribution in [0.25, 0.3) is 0 Å². The summed E-state index contributed by atoms with van der Waals surface area (Å²) < 4.78 is 6.34. The third-order valence-corrected chi connectivity index (χ3v) is 2.33. The van der Waals surface area contributed by atoms with E-state index in [9.17, 15) is 0 Å². The van der Waals surface area contributed by atoms with E-state index in [2.05, 4.69) is 25.9 Å². The Labute approximate surface area is 96.3 Å². The Morgan fingerprint density at radius 1 is 1.20 bits per heavy atom. The molecule has 4 heteroatoms. The minimum Gasteiger partial charge on any atom is -0.438 e. The molecule has 0 aliphatic rings. The molecule has 2 rings (SSSR count). The molecular weight excluding hydrogens is 256 g/mol. The normalized spacial score (nSPS) is 10.0. The van der Waals surface area contributed by atoms with E-state index in [1.54, 1.807) is 6.20 Å². The van der Waals surface area contributed by atoms with E-state index in [4.69, 9.17) is 4.74 Å². The van der Waals surface area contributed by atoms with Crippen LogP contribution in [-0.4, -0.2) is 9.97 Å². The summed E-state index contributed by atoms with van der Waals surface area (Å²) in [7, 11) is 0. The maximum atomic E-state index is 5.59. The molecule has 15 heavy (non-hydrogen) atoms. The molecule has 0 spiro atoms. The Bertz CT molecular complexity index is 459. The van der Waals surface area contributed by atoms with Gasteiger partial charge in [-0.25, -0.2) is 4.98 Å². The van der Waals surface area contributed by atoms with Crippen molar-refractivity contribution in [1.82, 2.24) is 9.97 Å². The van der Waals surface area contributed by atoms with Gasteiger partial charge in [0.05, 0.1) is 4.47 Å². The second-order valence-electron chi connectivity index (χ2n) is 2.99. The van der Waals surface area contributed by atoms with E-state index >= 15 is 0 Å². The predicted molar refractivity (Wildman–Crippen MR) is 61.0 cm³/mol. The summed E-state index contributed by atoms with van der Waals surface area (Å²) in [6, 6.07) is 9.52. The number of hydrogen-bond acceptors (Lipinski definition) is 3. The van der Waals surface area contributed by atoms with Gasteiger partial charge in [0, 0.05) is 6.20 Å². The molecule has 0 fully saturated rings. The molecule has 0 bridgehead atoms. The summed E-state index contributed by atoms with van der Waals surface area (Å²) in [5.41, 5.74) is 0. The molecule has 76 valence electrons. The van der Waals surface area contributed by atoms with Crippen LogP contribution in [0.3, 0.4) is 0 Å². The lowest BCUT2D eigenvalue weighted by Gasteiger charge is -2.06. The van der Waals surface area contributed by atoms with Gasteiger partial charge in [-0.15, -0.1) is 0 Å². The molecule has 0 saturated heterocycles. The highest BCUT2D eigenvalue weighted by atomic mass is 79.9. The third kappa shape index (κ3) is 2.53. The smallest absolute Gasteiger partial charge is 0.236 e. The van der Waals surface area contributed by atoms with Crippen LogP contribution < -0.4 is 4.74 Å². The molecule has 3 nitrogen and oxygen atoms in total. The van der Waals surface area contributed by atoms with Gasteiger partial charge < -0.3 is 4.74 Å². The summed E-state index contributed by atoms with van der Waals surface area (Å²) in [6.07, 6.45) is 1.68. The average molecular weight is 265 g/mol. The highest BCUT2D eigenvalue weighted by Gasteiger charge is 2.04. The van der Waals surface area contributed by atoms with Crippen molar-refractivity contribution in [3.63, 3.8) is 0 Å². The summed E-state index contributed by atoms with van der Waals surface area (Å²) in [5, 5.41) is 0. The number of aryl methyl sites for hydroxylation is 1. The van der Waals surface area contributed by atoms with Crippen molar-refractivity contribution in [2.24, 2.45) is 0 Å². The van der Waals surface area contributed by atoms with Crippen molar-refractivity contribution in [3.05, 3.63) is 46.8 Å². The van der Waals surface area contributed by atoms with Crippen LogP contribution in [0.1, 0.15) is 5.82 Å². The van der Waals surface area contributed by atoms with Gasteiger partial charge in [0.2, 0.25) is 5.88 Å². The van der Waals surface area contributed by atoms with Gasteiger partial charge in [-0.1, -0.05) is 18.2 Å². The Hall–Kier alpha value is -1.42. The van der Waals surface area contributed by atoms with Crippen molar-refractivity contribution in [2.45, 2.75) is 6.92 Å². The zero-order valence-corrected chi connectivity index (χ0v) is 9.73. The number of rotatable bonds is 2. The van der Waals surface area contributed by atoms with E-state index in [-0.39, 0.29) is 0 Å². The van der Waals surface area contributed by atoms with E-state index in [0.717, 1.165) is 10.2 Å². The lowest BCUT2D eigenvalue weighted by Crippen LogP contribution is -1.93. The van der Waals surface area contributed by atoms with Crippen molar-refractivity contribution in [3.8, 4) is 11.6 Å². The fourth-order valence-electron chi connectivity index (χ4n) is 1.11. The van der Waals surface area contributed by atoms with Crippen molar-refractivity contribution in [1.29, 1.82) is 0 Å². The van der Waals surface area contributed by atoms with E-state index in [1.165, 1.54) is 0 Å². The standard InChI is InChI=1S/C11H9BrN2O/c1-8-13-7-10(12)11(14-8)15-9-5-3-2-4-6-9/h2-7H,1H3. The molecular formula is C11H9BrN2O. The fourth-order valence-corrected chi connectivity index (χ4v) is 1.38. The zero-order valence-electron chi connectivity index (χ0n) is 8.14. The highest BCUT2D eigenvalue weighted by molar-refractivity contribution is 9.10. The summed E-state index contributed by atoms with van der Waals surface area (Å²) in [5.74, 6) is 1.98. The van der Waals surface area contributed by atoms with Gasteiger partial charge in [-0.2, -0.15) is 4.98 Å². The minimum absolute atomic E-state index is 0.536. The van der Waals surface area contributed by atoms with Crippen molar-refractivity contribution < 1.29 is 4.74 Å². The fraction of sp³-hybridized carbons (Fsp3) is 0.0909. The average Bonchev–Trinajstić information content (AvgIpc) is 2.25. The first-order chi connectivity index (χ1) is 7.25. The van der Waals surface area contributed by atoms with E-state index < -0.39 is 0 Å². The first-order valence-corrected chi connectivity index (χ1v) is 5.27. The monoisotopic (exact) mass is 264 g/mol. The van der Waals surface area contributed by atoms with Crippen LogP contribution in [0.2, 0.25) is 0 Å². The molecule has 0 N–H and O–H groups in total. The van der Waals surface area contributed by atoms with Gasteiger partial charge in [0.15, 0.2) is 0 Å². The topological polar surface area (TPSA) is 35.0 Å². The predicted octanol–water partition coefficient (Wildman–Crippen LogP) is 3.34. The lowest BCUT2D eigenvalue weighted by molar-refractivity contribution is 0.456. The number of halogens is 1. The zero-order chi connectivity index (χ0) is 10.7. The molecule has 0 amide bonds. The lowest BCUT2D eigenvalue weighted by atomic mass is 10.3. The first kappa shape index (κ1) is 10.1. The number of hydrogen-bond donors (Lipinski definition) is 0. The van der Waals surface area contributed by atoms with Crippen LogP contribution in [0.15, 0.2) is 41.0 Å². The van der Waals surface area contributed by atoms with Gasteiger partial charge in [0.25, 0.3) is 0 Å². The summed E-state index contributed by atoms with van der Waals surface area (Å²) in [4.78, 5) is 8.23. The van der Waals surface area contributed by atoms with Crippen LogP contribution in [-0.2, 0) is 0 Å². The van der Waals surface area contributed by atoms with Gasteiger partial charge >= 0.3 is 0 Å². The van der Waals surface area contributed by atoms with Crippen LogP contribution in [0.4, 0.5) is 0 Å². The highest BCUT2D eigenvalue weighted by Crippen LogP contribution is 2.26. The Morgan fingerprint density at radius 2 is 1.93 bits per heavy atom. The quantitative estimate of drug-likeness (QED) is 0.835. The molecule has 0 unspecified atom stereocenters. The first-order valence-electron chi connectivity index (χ1n) is 4.48. The van der Waals surface area contributed by atoms with Gasteiger partial charge in [-0.05, 0) is 35.0 Å². The van der Waals surface area contributed by atoms with E-state index in [1.807, 2.05) is 37.3 Å². The largest absolute Gasteiger partial charge is 0.438 e. The molecule has 2 aromatic rings. The number of nitrogens with zero attached hydrogens (tertiary/aromatic N) is 2. The SMILES string of the molecule is Cc1ncc(Br)c(Oc2ccccc2)n1. The molecule has 1 heterocycles. The maximum Gasteiger partial charge on any atom is 0.236 e.